The molecular formula is C18H19N3O3. The molecule has 1 aromatic carbocycles. The smallest absolute Gasteiger partial charge is 0.261 e. The number of H-pyrrole nitrogens is 1. The Morgan fingerprint density at radius 1 is 1.38 bits per heavy atom. The lowest BCUT2D eigenvalue weighted by Crippen LogP contribution is -2.37. The molecule has 1 atom stereocenters. The minimum atomic E-state index is -0.788. The molecule has 0 radical (unpaired) electrons. The number of hydrogen-bond donors (Lipinski definition) is 2. The Hall–Kier alpha value is -3.07. The highest BCUT2D eigenvalue weighted by Gasteiger charge is 2.17. The molecule has 2 aromatic rings. The normalized spacial score (nSPS) is 11.4. The predicted molar refractivity (Wildman–Crippen MR) is 89.6 cm³/mol. The van der Waals surface area contributed by atoms with Crippen molar-refractivity contribution in [3.8, 4) is 11.8 Å². The molecule has 6 nitrogen and oxygen atoms in total. The molecule has 0 saturated heterocycles. The van der Waals surface area contributed by atoms with Gasteiger partial charge in [-0.1, -0.05) is 12.1 Å². The van der Waals surface area contributed by atoms with Crippen LogP contribution in [0.5, 0.6) is 5.75 Å². The number of nitrogens with zero attached hydrogens (tertiary/aromatic N) is 1. The van der Waals surface area contributed by atoms with Gasteiger partial charge in [0.15, 0.2) is 6.10 Å². The van der Waals surface area contributed by atoms with E-state index in [0.29, 0.717) is 16.9 Å². The lowest BCUT2D eigenvalue weighted by molar-refractivity contribution is -0.127. The molecule has 0 aliphatic heterocycles. The molecule has 1 heterocycles. The Balaban J connectivity index is 2.03. The molecule has 0 aliphatic carbocycles. The standard InChI is InChI=1S/C18H19N3O3/c1-11-8-12(2)21-18(23)15(11)10-20-17(22)13(3)24-16-7-5-4-6-14(16)9-19/h4-8,13H,10H2,1-3H3,(H,20,22)(H,21,23)/t13-/m1/s1. The van der Waals surface area contributed by atoms with Gasteiger partial charge in [0.1, 0.15) is 11.8 Å². The highest BCUT2D eigenvalue weighted by molar-refractivity contribution is 5.80. The highest BCUT2D eigenvalue weighted by Crippen LogP contribution is 2.18. The number of amides is 1. The largest absolute Gasteiger partial charge is 0.480 e. The Morgan fingerprint density at radius 3 is 2.75 bits per heavy atom. The molecule has 2 N–H and O–H groups in total. The van der Waals surface area contributed by atoms with Crippen LogP contribution >= 0.6 is 0 Å². The van der Waals surface area contributed by atoms with Crippen molar-refractivity contribution in [3.05, 3.63) is 63.1 Å². The first-order chi connectivity index (χ1) is 11.4. The van der Waals surface area contributed by atoms with E-state index in [9.17, 15) is 9.59 Å². The number of para-hydroxylation sites is 1. The van der Waals surface area contributed by atoms with Crippen molar-refractivity contribution in [2.24, 2.45) is 0 Å². The fraction of sp³-hybridized carbons (Fsp3) is 0.278. The van der Waals surface area contributed by atoms with Gasteiger partial charge < -0.3 is 15.0 Å². The Labute approximate surface area is 140 Å². The van der Waals surface area contributed by atoms with Crippen LogP contribution in [-0.2, 0) is 11.3 Å². The van der Waals surface area contributed by atoms with E-state index >= 15 is 0 Å². The number of ether oxygens (including phenoxy) is 1. The summed E-state index contributed by atoms with van der Waals surface area (Å²) in [5.74, 6) is -0.00543. The summed E-state index contributed by atoms with van der Waals surface area (Å²) in [5, 5.41) is 11.7. The predicted octanol–water partition coefficient (Wildman–Crippen LogP) is 1.95. The maximum atomic E-state index is 12.2. The number of nitriles is 1. The van der Waals surface area contributed by atoms with Crippen LogP contribution in [0, 0.1) is 25.2 Å². The van der Waals surface area contributed by atoms with Crippen LogP contribution in [0.25, 0.3) is 0 Å². The van der Waals surface area contributed by atoms with E-state index in [0.717, 1.165) is 11.3 Å². The van der Waals surface area contributed by atoms with Crippen LogP contribution in [0.1, 0.15) is 29.3 Å². The zero-order chi connectivity index (χ0) is 17.7. The third-order valence-corrected chi connectivity index (χ3v) is 3.61. The lowest BCUT2D eigenvalue weighted by Gasteiger charge is -2.16. The minimum absolute atomic E-state index is 0.119. The number of carbonyl (C=O) groups is 1. The Kier molecular flexibility index (Phi) is 5.38. The molecule has 2 rings (SSSR count). The first-order valence-electron chi connectivity index (χ1n) is 7.55. The van der Waals surface area contributed by atoms with E-state index in [2.05, 4.69) is 10.3 Å². The first-order valence-corrected chi connectivity index (χ1v) is 7.55. The molecule has 24 heavy (non-hydrogen) atoms. The van der Waals surface area contributed by atoms with Crippen molar-refractivity contribution in [2.45, 2.75) is 33.4 Å². The quantitative estimate of drug-likeness (QED) is 0.878. The minimum Gasteiger partial charge on any atom is -0.480 e. The van der Waals surface area contributed by atoms with E-state index in [1.807, 2.05) is 19.1 Å². The summed E-state index contributed by atoms with van der Waals surface area (Å²) in [5.41, 5.74) is 2.26. The van der Waals surface area contributed by atoms with Crippen LogP contribution in [0.2, 0.25) is 0 Å². The molecule has 0 unspecified atom stereocenters. The summed E-state index contributed by atoms with van der Waals surface area (Å²) in [6.45, 7) is 5.34. The maximum absolute atomic E-state index is 12.2. The van der Waals surface area contributed by atoms with Crippen LogP contribution in [0.3, 0.4) is 0 Å². The van der Waals surface area contributed by atoms with Crippen LogP contribution in [0.4, 0.5) is 0 Å². The first kappa shape index (κ1) is 17.3. The molecule has 6 heteroatoms. The number of carbonyl (C=O) groups excluding carboxylic acids is 1. The van der Waals surface area contributed by atoms with Crippen molar-refractivity contribution >= 4 is 5.91 Å². The second-order valence-electron chi connectivity index (χ2n) is 5.53. The summed E-state index contributed by atoms with van der Waals surface area (Å²) >= 11 is 0. The maximum Gasteiger partial charge on any atom is 0.261 e. The van der Waals surface area contributed by atoms with Gasteiger partial charge in [0.25, 0.3) is 11.5 Å². The summed E-state index contributed by atoms with van der Waals surface area (Å²) in [4.78, 5) is 26.8. The lowest BCUT2D eigenvalue weighted by atomic mass is 10.1. The molecule has 0 fully saturated rings. The van der Waals surface area contributed by atoms with E-state index in [1.165, 1.54) is 0 Å². The van der Waals surface area contributed by atoms with Crippen LogP contribution < -0.4 is 15.6 Å². The van der Waals surface area contributed by atoms with E-state index in [1.54, 1.807) is 38.1 Å². The van der Waals surface area contributed by atoms with Crippen molar-refractivity contribution < 1.29 is 9.53 Å². The molecule has 1 aromatic heterocycles. The monoisotopic (exact) mass is 325 g/mol. The third-order valence-electron chi connectivity index (χ3n) is 3.61. The number of aromatic nitrogens is 1. The molecule has 124 valence electrons. The third kappa shape index (κ3) is 4.02. The van der Waals surface area contributed by atoms with Crippen LogP contribution in [0.15, 0.2) is 35.1 Å². The van der Waals surface area contributed by atoms with Crippen molar-refractivity contribution in [2.75, 3.05) is 0 Å². The van der Waals surface area contributed by atoms with Gasteiger partial charge in [-0.25, -0.2) is 0 Å². The fourth-order valence-corrected chi connectivity index (χ4v) is 2.33. The second-order valence-corrected chi connectivity index (χ2v) is 5.53. The van der Waals surface area contributed by atoms with Crippen molar-refractivity contribution in [3.63, 3.8) is 0 Å². The second kappa shape index (κ2) is 7.47. The van der Waals surface area contributed by atoms with Crippen LogP contribution in [-0.4, -0.2) is 17.0 Å². The van der Waals surface area contributed by atoms with Gasteiger partial charge in [0, 0.05) is 17.8 Å². The molecule has 0 spiro atoms. The van der Waals surface area contributed by atoms with Gasteiger partial charge in [-0.2, -0.15) is 5.26 Å². The van der Waals surface area contributed by atoms with E-state index < -0.39 is 6.10 Å². The fourth-order valence-electron chi connectivity index (χ4n) is 2.33. The number of hydrogen-bond acceptors (Lipinski definition) is 4. The average molecular weight is 325 g/mol. The van der Waals surface area contributed by atoms with E-state index in [-0.39, 0.29) is 18.0 Å². The average Bonchev–Trinajstić information content (AvgIpc) is 2.54. The molecule has 0 bridgehead atoms. The molecule has 0 saturated carbocycles. The Bertz CT molecular complexity index is 849. The Morgan fingerprint density at radius 2 is 2.08 bits per heavy atom. The molecule has 0 aliphatic rings. The van der Waals surface area contributed by atoms with Gasteiger partial charge in [-0.3, -0.25) is 9.59 Å². The molecule has 1 amide bonds. The number of pyridine rings is 1. The topological polar surface area (TPSA) is 95.0 Å². The number of aryl methyl sites for hydroxylation is 2. The summed E-state index contributed by atoms with van der Waals surface area (Å²) in [6, 6.07) is 10.6. The molecular weight excluding hydrogens is 306 g/mol. The van der Waals surface area contributed by atoms with Gasteiger partial charge >= 0.3 is 0 Å². The number of aromatic amines is 1. The highest BCUT2D eigenvalue weighted by atomic mass is 16.5. The van der Waals surface area contributed by atoms with E-state index in [4.69, 9.17) is 10.00 Å². The number of benzene rings is 1. The summed E-state index contributed by atoms with van der Waals surface area (Å²) in [6.07, 6.45) is -0.788. The van der Waals surface area contributed by atoms with Crippen molar-refractivity contribution in [1.29, 1.82) is 5.26 Å². The van der Waals surface area contributed by atoms with Gasteiger partial charge in [0.05, 0.1) is 5.56 Å². The number of nitrogens with one attached hydrogen (secondary N) is 2. The summed E-state index contributed by atoms with van der Waals surface area (Å²) < 4.78 is 5.55. The van der Waals surface area contributed by atoms with Gasteiger partial charge in [-0.15, -0.1) is 0 Å². The van der Waals surface area contributed by atoms with Gasteiger partial charge in [-0.05, 0) is 44.5 Å². The van der Waals surface area contributed by atoms with Gasteiger partial charge in [0.2, 0.25) is 0 Å². The zero-order valence-corrected chi connectivity index (χ0v) is 13.8. The SMILES string of the molecule is Cc1cc(C)c(CNC(=O)[C@@H](C)Oc2ccccc2C#N)c(=O)[nH]1. The summed E-state index contributed by atoms with van der Waals surface area (Å²) in [7, 11) is 0. The zero-order valence-electron chi connectivity index (χ0n) is 13.8. The van der Waals surface area contributed by atoms with Crippen molar-refractivity contribution in [1.82, 2.24) is 10.3 Å². The number of rotatable bonds is 5.